The number of imidazole rings is 1. The molecule has 1 amide bonds. The fraction of sp³-hybridized carbons (Fsp3) is 0.0952. The van der Waals surface area contributed by atoms with Crippen LogP contribution in [-0.4, -0.2) is 20.3 Å². The zero-order chi connectivity index (χ0) is 18.6. The molecule has 0 atom stereocenters. The first kappa shape index (κ1) is 17.3. The van der Waals surface area contributed by atoms with Gasteiger partial charge in [-0.25, -0.2) is 9.97 Å². The highest BCUT2D eigenvalue weighted by Gasteiger charge is 2.08. The van der Waals surface area contributed by atoms with E-state index in [1.54, 1.807) is 18.0 Å². The fourth-order valence-corrected chi connectivity index (χ4v) is 3.47. The third kappa shape index (κ3) is 4.17. The van der Waals surface area contributed by atoms with E-state index >= 15 is 0 Å². The lowest BCUT2D eigenvalue weighted by molar-refractivity contribution is 0.0950. The van der Waals surface area contributed by atoms with E-state index < -0.39 is 0 Å². The SMILES string of the molecule is Cc1ccn2cc(CNC(=O)c3ccc(Sc4ccccn4)cc3)nc2c1. The molecule has 6 heteroatoms. The number of carbonyl (C=O) groups is 1. The molecule has 0 unspecified atom stereocenters. The lowest BCUT2D eigenvalue weighted by Gasteiger charge is -2.05. The first-order valence-electron chi connectivity index (χ1n) is 8.59. The highest BCUT2D eigenvalue weighted by molar-refractivity contribution is 7.99. The number of benzene rings is 1. The van der Waals surface area contributed by atoms with Gasteiger partial charge in [0, 0.05) is 29.0 Å². The monoisotopic (exact) mass is 374 g/mol. The van der Waals surface area contributed by atoms with Crippen LogP contribution < -0.4 is 5.32 Å². The number of nitrogens with one attached hydrogen (secondary N) is 1. The number of rotatable bonds is 5. The van der Waals surface area contributed by atoms with Gasteiger partial charge in [-0.05, 0) is 61.0 Å². The largest absolute Gasteiger partial charge is 0.346 e. The molecule has 0 fully saturated rings. The lowest BCUT2D eigenvalue weighted by Crippen LogP contribution is -2.22. The average molecular weight is 374 g/mol. The number of aromatic nitrogens is 3. The smallest absolute Gasteiger partial charge is 0.251 e. The van der Waals surface area contributed by atoms with Gasteiger partial charge in [-0.2, -0.15) is 0 Å². The number of hydrogen-bond acceptors (Lipinski definition) is 4. The second kappa shape index (κ2) is 7.63. The van der Waals surface area contributed by atoms with Crippen LogP contribution in [0.25, 0.3) is 5.65 Å². The Labute approximate surface area is 161 Å². The summed E-state index contributed by atoms with van der Waals surface area (Å²) in [6.45, 7) is 2.43. The van der Waals surface area contributed by atoms with E-state index in [1.807, 2.05) is 78.3 Å². The molecule has 0 saturated carbocycles. The topological polar surface area (TPSA) is 59.3 Å². The van der Waals surface area contributed by atoms with Crippen molar-refractivity contribution in [2.75, 3.05) is 0 Å². The Bertz CT molecular complexity index is 1070. The van der Waals surface area contributed by atoms with Crippen molar-refractivity contribution in [1.82, 2.24) is 19.7 Å². The Kier molecular flexibility index (Phi) is 4.89. The van der Waals surface area contributed by atoms with E-state index in [1.165, 1.54) is 0 Å². The van der Waals surface area contributed by atoms with E-state index in [0.29, 0.717) is 12.1 Å². The predicted molar refractivity (Wildman–Crippen MR) is 106 cm³/mol. The molecule has 3 aromatic heterocycles. The normalized spacial score (nSPS) is 10.9. The van der Waals surface area contributed by atoms with Gasteiger partial charge >= 0.3 is 0 Å². The minimum atomic E-state index is -0.113. The first-order valence-corrected chi connectivity index (χ1v) is 9.40. The van der Waals surface area contributed by atoms with Crippen LogP contribution in [0.5, 0.6) is 0 Å². The molecule has 0 aliphatic rings. The van der Waals surface area contributed by atoms with Gasteiger partial charge in [-0.3, -0.25) is 4.79 Å². The molecule has 1 N–H and O–H groups in total. The average Bonchev–Trinajstić information content (AvgIpc) is 3.09. The Morgan fingerprint density at radius 3 is 2.78 bits per heavy atom. The second-order valence-corrected chi connectivity index (χ2v) is 7.27. The quantitative estimate of drug-likeness (QED) is 0.571. The van der Waals surface area contributed by atoms with Gasteiger partial charge in [0.05, 0.1) is 12.2 Å². The molecule has 3 heterocycles. The number of pyridine rings is 2. The molecule has 4 aromatic rings. The van der Waals surface area contributed by atoms with Crippen molar-refractivity contribution in [3.63, 3.8) is 0 Å². The van der Waals surface area contributed by atoms with Crippen LogP contribution in [0, 0.1) is 6.92 Å². The minimum Gasteiger partial charge on any atom is -0.346 e. The number of aryl methyl sites for hydroxylation is 1. The number of carbonyl (C=O) groups excluding carboxylic acids is 1. The molecule has 0 bridgehead atoms. The van der Waals surface area contributed by atoms with E-state index in [4.69, 9.17) is 0 Å². The molecule has 134 valence electrons. The molecule has 5 nitrogen and oxygen atoms in total. The van der Waals surface area contributed by atoms with E-state index in [-0.39, 0.29) is 5.91 Å². The Balaban J connectivity index is 1.38. The lowest BCUT2D eigenvalue weighted by atomic mass is 10.2. The van der Waals surface area contributed by atoms with Crippen LogP contribution in [0.1, 0.15) is 21.6 Å². The van der Waals surface area contributed by atoms with Crippen LogP contribution in [0.3, 0.4) is 0 Å². The molecular weight excluding hydrogens is 356 g/mol. The van der Waals surface area contributed by atoms with Crippen molar-refractivity contribution >= 4 is 23.3 Å². The predicted octanol–water partition coefficient (Wildman–Crippen LogP) is 4.12. The summed E-state index contributed by atoms with van der Waals surface area (Å²) in [5.41, 5.74) is 3.50. The van der Waals surface area contributed by atoms with Crippen molar-refractivity contribution < 1.29 is 4.79 Å². The molecule has 0 radical (unpaired) electrons. The molecule has 4 rings (SSSR count). The van der Waals surface area contributed by atoms with E-state index in [9.17, 15) is 4.79 Å². The zero-order valence-corrected chi connectivity index (χ0v) is 15.6. The zero-order valence-electron chi connectivity index (χ0n) is 14.8. The molecule has 0 aliphatic heterocycles. The van der Waals surface area contributed by atoms with Crippen molar-refractivity contribution in [1.29, 1.82) is 0 Å². The molecule has 0 spiro atoms. The highest BCUT2D eigenvalue weighted by Crippen LogP contribution is 2.25. The summed E-state index contributed by atoms with van der Waals surface area (Å²) in [4.78, 5) is 22.3. The summed E-state index contributed by atoms with van der Waals surface area (Å²) in [5, 5.41) is 3.85. The van der Waals surface area contributed by atoms with Crippen LogP contribution in [-0.2, 0) is 6.54 Å². The van der Waals surface area contributed by atoms with Crippen molar-refractivity contribution in [2.45, 2.75) is 23.4 Å². The standard InChI is InChI=1S/C21H18N4OS/c1-15-9-11-25-14-17(24-19(25)12-15)13-23-21(26)16-5-7-18(8-6-16)27-20-4-2-3-10-22-20/h2-12,14H,13H2,1H3,(H,23,26). The van der Waals surface area contributed by atoms with Crippen LogP contribution in [0.15, 0.2) is 83.1 Å². The highest BCUT2D eigenvalue weighted by atomic mass is 32.2. The van der Waals surface area contributed by atoms with Crippen LogP contribution in [0.2, 0.25) is 0 Å². The van der Waals surface area contributed by atoms with Gasteiger partial charge in [-0.15, -0.1) is 0 Å². The summed E-state index contributed by atoms with van der Waals surface area (Å²) in [6, 6.07) is 17.4. The van der Waals surface area contributed by atoms with E-state index in [2.05, 4.69) is 15.3 Å². The van der Waals surface area contributed by atoms with Gasteiger partial charge < -0.3 is 9.72 Å². The van der Waals surface area contributed by atoms with Gasteiger partial charge in [0.1, 0.15) is 10.7 Å². The summed E-state index contributed by atoms with van der Waals surface area (Å²) >= 11 is 1.57. The Morgan fingerprint density at radius 2 is 2.00 bits per heavy atom. The number of amides is 1. The minimum absolute atomic E-state index is 0.113. The molecular formula is C21H18N4OS. The van der Waals surface area contributed by atoms with Crippen LogP contribution in [0.4, 0.5) is 0 Å². The van der Waals surface area contributed by atoms with Gasteiger partial charge in [0.2, 0.25) is 0 Å². The molecule has 1 aromatic carbocycles. The molecule has 0 saturated heterocycles. The Morgan fingerprint density at radius 1 is 1.15 bits per heavy atom. The molecule has 27 heavy (non-hydrogen) atoms. The summed E-state index contributed by atoms with van der Waals surface area (Å²) in [6.07, 6.45) is 5.67. The summed E-state index contributed by atoms with van der Waals surface area (Å²) in [5.74, 6) is -0.113. The van der Waals surface area contributed by atoms with Crippen molar-refractivity contribution in [3.05, 3.63) is 90.0 Å². The summed E-state index contributed by atoms with van der Waals surface area (Å²) in [7, 11) is 0. The van der Waals surface area contributed by atoms with Gasteiger partial charge in [-0.1, -0.05) is 17.8 Å². The third-order valence-electron chi connectivity index (χ3n) is 4.07. The number of fused-ring (bicyclic) bond motifs is 1. The number of nitrogens with zero attached hydrogens (tertiary/aromatic N) is 3. The maximum atomic E-state index is 12.4. The van der Waals surface area contributed by atoms with Crippen molar-refractivity contribution in [2.24, 2.45) is 0 Å². The maximum Gasteiger partial charge on any atom is 0.251 e. The maximum absolute atomic E-state index is 12.4. The van der Waals surface area contributed by atoms with E-state index in [0.717, 1.165) is 26.8 Å². The summed E-state index contributed by atoms with van der Waals surface area (Å²) < 4.78 is 1.96. The van der Waals surface area contributed by atoms with Gasteiger partial charge in [0.25, 0.3) is 5.91 Å². The van der Waals surface area contributed by atoms with Gasteiger partial charge in [0.15, 0.2) is 0 Å². The Hall–Kier alpha value is -3.12. The molecule has 0 aliphatic carbocycles. The van der Waals surface area contributed by atoms with Crippen molar-refractivity contribution in [3.8, 4) is 0 Å². The second-order valence-electron chi connectivity index (χ2n) is 6.18. The third-order valence-corrected chi connectivity index (χ3v) is 5.03. The fourth-order valence-electron chi connectivity index (χ4n) is 2.70. The van der Waals surface area contributed by atoms with Crippen LogP contribution >= 0.6 is 11.8 Å². The number of hydrogen-bond donors (Lipinski definition) is 1. The first-order chi connectivity index (χ1) is 13.2.